The molecule has 1 amide bonds. The van der Waals surface area contributed by atoms with E-state index in [1.54, 1.807) is 11.9 Å². The molecule has 22 heavy (non-hydrogen) atoms. The maximum absolute atomic E-state index is 12.1. The summed E-state index contributed by atoms with van der Waals surface area (Å²) in [5.41, 5.74) is 1.06. The van der Waals surface area contributed by atoms with Gasteiger partial charge in [-0.15, -0.1) is 0 Å². The number of hydrogen-bond donors (Lipinski definition) is 0. The van der Waals surface area contributed by atoms with Crippen LogP contribution in [0.25, 0.3) is 0 Å². The second kappa shape index (κ2) is 6.34. The molecule has 0 heterocycles. The molecule has 0 saturated heterocycles. The molecular formula is C18H21NO3. The number of rotatable bonds is 5. The topological polar surface area (TPSA) is 46.6 Å². The molecule has 1 aromatic carbocycles. The molecule has 2 aliphatic rings. The Kier molecular flexibility index (Phi) is 4.27. The van der Waals surface area contributed by atoms with Crippen LogP contribution in [0, 0.1) is 17.8 Å². The Morgan fingerprint density at radius 3 is 2.59 bits per heavy atom. The van der Waals surface area contributed by atoms with Crippen molar-refractivity contribution in [2.45, 2.75) is 19.4 Å². The van der Waals surface area contributed by atoms with Gasteiger partial charge in [0.15, 0.2) is 6.61 Å². The van der Waals surface area contributed by atoms with Crippen LogP contribution in [0.2, 0.25) is 0 Å². The fraction of sp³-hybridized carbons (Fsp3) is 0.444. The molecule has 0 radical (unpaired) electrons. The Morgan fingerprint density at radius 2 is 1.95 bits per heavy atom. The van der Waals surface area contributed by atoms with E-state index in [1.165, 1.54) is 0 Å². The van der Waals surface area contributed by atoms with Crippen LogP contribution in [-0.4, -0.2) is 30.4 Å². The Labute approximate surface area is 130 Å². The molecule has 0 unspecified atom stereocenters. The van der Waals surface area contributed by atoms with Gasteiger partial charge in [0.25, 0.3) is 5.91 Å². The summed E-state index contributed by atoms with van der Waals surface area (Å²) < 4.78 is 5.24. The smallest absolute Gasteiger partial charge is 0.310 e. The first kappa shape index (κ1) is 14.8. The van der Waals surface area contributed by atoms with Crippen LogP contribution in [-0.2, 0) is 20.9 Å². The van der Waals surface area contributed by atoms with Crippen LogP contribution in [0.3, 0.4) is 0 Å². The van der Waals surface area contributed by atoms with Crippen LogP contribution in [0.15, 0.2) is 42.5 Å². The normalized spacial score (nSPS) is 25.2. The van der Waals surface area contributed by atoms with E-state index in [-0.39, 0.29) is 24.4 Å². The highest BCUT2D eigenvalue weighted by atomic mass is 16.5. The Morgan fingerprint density at radius 1 is 1.18 bits per heavy atom. The summed E-state index contributed by atoms with van der Waals surface area (Å²) in [6.45, 7) is 0.355. The maximum Gasteiger partial charge on any atom is 0.310 e. The molecule has 3 atom stereocenters. The van der Waals surface area contributed by atoms with Gasteiger partial charge in [0.1, 0.15) is 0 Å². The van der Waals surface area contributed by atoms with E-state index >= 15 is 0 Å². The fourth-order valence-electron chi connectivity index (χ4n) is 3.35. The van der Waals surface area contributed by atoms with E-state index in [0.29, 0.717) is 18.4 Å². The van der Waals surface area contributed by atoms with Gasteiger partial charge in [-0.05, 0) is 30.2 Å². The summed E-state index contributed by atoms with van der Waals surface area (Å²) in [4.78, 5) is 25.7. The Bertz CT molecular complexity index is 581. The van der Waals surface area contributed by atoms with Gasteiger partial charge in [-0.3, -0.25) is 9.59 Å². The number of likely N-dealkylation sites (N-methyl/N-ethyl adjacent to an activating group) is 1. The van der Waals surface area contributed by atoms with E-state index in [9.17, 15) is 9.59 Å². The summed E-state index contributed by atoms with van der Waals surface area (Å²) in [5.74, 6) is 0.394. The minimum absolute atomic E-state index is 0.0535. The predicted octanol–water partition coefficient (Wildman–Crippen LogP) is 2.40. The summed E-state index contributed by atoms with van der Waals surface area (Å²) >= 11 is 0. The molecule has 2 aliphatic carbocycles. The number of esters is 1. The molecule has 4 heteroatoms. The van der Waals surface area contributed by atoms with E-state index in [0.717, 1.165) is 18.4 Å². The second-order valence-corrected chi connectivity index (χ2v) is 6.23. The van der Waals surface area contributed by atoms with Crippen molar-refractivity contribution < 1.29 is 14.3 Å². The summed E-state index contributed by atoms with van der Waals surface area (Å²) in [6, 6.07) is 9.76. The number of ether oxygens (including phenoxy) is 1. The lowest BCUT2D eigenvalue weighted by molar-refractivity contribution is -0.156. The van der Waals surface area contributed by atoms with Crippen molar-refractivity contribution in [1.29, 1.82) is 0 Å². The lowest BCUT2D eigenvalue weighted by atomic mass is 9.94. The zero-order valence-electron chi connectivity index (χ0n) is 12.8. The number of allylic oxidation sites excluding steroid dienone is 2. The summed E-state index contributed by atoms with van der Waals surface area (Å²) in [6.07, 6.45) is 6.23. The van der Waals surface area contributed by atoms with Crippen molar-refractivity contribution in [1.82, 2.24) is 4.90 Å². The number of carbonyl (C=O) groups excluding carboxylic acids is 2. The van der Waals surface area contributed by atoms with Gasteiger partial charge in [-0.1, -0.05) is 42.5 Å². The quantitative estimate of drug-likeness (QED) is 0.619. The highest BCUT2D eigenvalue weighted by Gasteiger charge is 2.40. The highest BCUT2D eigenvalue weighted by molar-refractivity contribution is 5.81. The summed E-state index contributed by atoms with van der Waals surface area (Å²) in [7, 11) is 1.73. The minimum Gasteiger partial charge on any atom is -0.455 e. The fourth-order valence-corrected chi connectivity index (χ4v) is 3.35. The average molecular weight is 299 g/mol. The van der Waals surface area contributed by atoms with E-state index < -0.39 is 0 Å². The van der Waals surface area contributed by atoms with Gasteiger partial charge >= 0.3 is 5.97 Å². The van der Waals surface area contributed by atoms with E-state index in [1.807, 2.05) is 30.3 Å². The number of amides is 1. The standard InChI is InChI=1S/C18H21NO3/c1-19(11-13-5-3-2-4-6-13)17(20)12-22-18(21)16-10-14-7-8-15(16)9-14/h2-8,14-16H,9-12H2,1H3/t14-,15-,16-/m1/s1. The molecule has 0 aromatic heterocycles. The molecular weight excluding hydrogens is 278 g/mol. The SMILES string of the molecule is CN(Cc1ccccc1)C(=O)COC(=O)[C@@H]1C[C@@H]2C=C[C@@H]1C2. The van der Waals surface area contributed by atoms with Gasteiger partial charge in [0.2, 0.25) is 0 Å². The van der Waals surface area contributed by atoms with Gasteiger partial charge in [0.05, 0.1) is 5.92 Å². The molecule has 1 saturated carbocycles. The van der Waals surface area contributed by atoms with Crippen molar-refractivity contribution >= 4 is 11.9 Å². The molecule has 2 bridgehead atoms. The van der Waals surface area contributed by atoms with Crippen molar-refractivity contribution in [3.8, 4) is 0 Å². The third kappa shape index (κ3) is 3.21. The number of fused-ring (bicyclic) bond motifs is 2. The van der Waals surface area contributed by atoms with Crippen molar-refractivity contribution in [2.24, 2.45) is 17.8 Å². The maximum atomic E-state index is 12.1. The zero-order valence-corrected chi connectivity index (χ0v) is 12.8. The Balaban J connectivity index is 1.45. The molecule has 0 spiro atoms. The second-order valence-electron chi connectivity index (χ2n) is 6.23. The number of nitrogens with zero attached hydrogens (tertiary/aromatic N) is 1. The number of carbonyl (C=O) groups is 2. The van der Waals surface area contributed by atoms with E-state index in [4.69, 9.17) is 4.74 Å². The first-order valence-corrected chi connectivity index (χ1v) is 7.76. The van der Waals surface area contributed by atoms with Crippen molar-refractivity contribution in [3.05, 3.63) is 48.0 Å². The van der Waals surface area contributed by atoms with Crippen molar-refractivity contribution in [3.63, 3.8) is 0 Å². The zero-order chi connectivity index (χ0) is 15.5. The largest absolute Gasteiger partial charge is 0.455 e. The minimum atomic E-state index is -0.224. The molecule has 0 N–H and O–H groups in total. The lowest BCUT2D eigenvalue weighted by Gasteiger charge is -2.19. The third-order valence-corrected chi connectivity index (χ3v) is 4.61. The highest BCUT2D eigenvalue weighted by Crippen LogP contribution is 2.43. The number of hydrogen-bond acceptors (Lipinski definition) is 3. The van der Waals surface area contributed by atoms with Crippen LogP contribution < -0.4 is 0 Å². The molecule has 3 rings (SSSR count). The van der Waals surface area contributed by atoms with Gasteiger partial charge in [-0.25, -0.2) is 0 Å². The first-order chi connectivity index (χ1) is 10.6. The number of benzene rings is 1. The van der Waals surface area contributed by atoms with E-state index in [2.05, 4.69) is 12.2 Å². The molecule has 116 valence electrons. The van der Waals surface area contributed by atoms with Crippen molar-refractivity contribution in [2.75, 3.05) is 13.7 Å². The Hall–Kier alpha value is -2.10. The predicted molar refractivity (Wildman–Crippen MR) is 82.7 cm³/mol. The van der Waals surface area contributed by atoms with Gasteiger partial charge < -0.3 is 9.64 Å². The summed E-state index contributed by atoms with van der Waals surface area (Å²) in [5, 5.41) is 0. The molecule has 1 fully saturated rings. The van der Waals surface area contributed by atoms with Crippen LogP contribution in [0.5, 0.6) is 0 Å². The first-order valence-electron chi connectivity index (χ1n) is 7.76. The van der Waals surface area contributed by atoms with Crippen LogP contribution in [0.1, 0.15) is 18.4 Å². The third-order valence-electron chi connectivity index (χ3n) is 4.61. The molecule has 0 aliphatic heterocycles. The van der Waals surface area contributed by atoms with Gasteiger partial charge in [0, 0.05) is 13.6 Å². The van der Waals surface area contributed by atoms with Gasteiger partial charge in [-0.2, -0.15) is 0 Å². The molecule has 1 aromatic rings. The lowest BCUT2D eigenvalue weighted by Crippen LogP contribution is -2.32. The van der Waals surface area contributed by atoms with Crippen LogP contribution in [0.4, 0.5) is 0 Å². The average Bonchev–Trinajstić information content (AvgIpc) is 3.16. The van der Waals surface area contributed by atoms with Crippen LogP contribution >= 0.6 is 0 Å². The monoisotopic (exact) mass is 299 g/mol. The molecule has 4 nitrogen and oxygen atoms in total.